The summed E-state index contributed by atoms with van der Waals surface area (Å²) in [7, 11) is -4.71. The van der Waals surface area contributed by atoms with Gasteiger partial charge in [-0.3, -0.25) is 18.9 Å². The first-order valence-corrected chi connectivity index (χ1v) is 8.22. The monoisotopic (exact) mass is 348 g/mol. The van der Waals surface area contributed by atoms with Crippen LogP contribution in [0.15, 0.2) is 34.5 Å². The topological polar surface area (TPSA) is 151 Å². The number of aromatic nitrogens is 2. The van der Waals surface area contributed by atoms with Gasteiger partial charge in [0.25, 0.3) is 5.56 Å². The standard InChI is InChI=1S/C12H17N2O8P/c1-2-3-7-10(16)8(6-21-23(18,19)20)22-11(7)14-5-4-9(15)13-12(14)17/h2,4-5,7-8,10-11,16H,1,3,6H2,(H,13,15,17)(H2,18,19,20)/t7?,8-,10?,11-/m0/s1. The average molecular weight is 348 g/mol. The van der Waals surface area contributed by atoms with Crippen molar-refractivity contribution in [3.05, 3.63) is 45.8 Å². The lowest BCUT2D eigenvalue weighted by Gasteiger charge is -2.20. The van der Waals surface area contributed by atoms with Gasteiger partial charge in [0.05, 0.1) is 12.7 Å². The van der Waals surface area contributed by atoms with Crippen LogP contribution < -0.4 is 11.2 Å². The molecular formula is C12H17N2O8P. The van der Waals surface area contributed by atoms with Crippen LogP contribution >= 0.6 is 7.82 Å². The summed E-state index contributed by atoms with van der Waals surface area (Å²) < 4.78 is 21.7. The van der Waals surface area contributed by atoms with Crippen molar-refractivity contribution in [3.63, 3.8) is 0 Å². The molecule has 1 aliphatic heterocycles. The number of aromatic amines is 1. The van der Waals surface area contributed by atoms with Crippen molar-refractivity contribution in [1.82, 2.24) is 9.55 Å². The first-order valence-electron chi connectivity index (χ1n) is 6.69. The Bertz CT molecular complexity index is 722. The number of aliphatic hydroxyl groups excluding tert-OH is 1. The molecule has 0 saturated carbocycles. The number of rotatable bonds is 6. The van der Waals surface area contributed by atoms with Crippen molar-refractivity contribution < 1.29 is 28.7 Å². The molecule has 4 N–H and O–H groups in total. The summed E-state index contributed by atoms with van der Waals surface area (Å²) in [6.45, 7) is 3.02. The first-order chi connectivity index (χ1) is 10.7. The molecule has 10 nitrogen and oxygen atoms in total. The van der Waals surface area contributed by atoms with Gasteiger partial charge in [-0.05, 0) is 6.42 Å². The number of ether oxygens (including phenoxy) is 1. The van der Waals surface area contributed by atoms with Gasteiger partial charge < -0.3 is 19.6 Å². The van der Waals surface area contributed by atoms with E-state index in [9.17, 15) is 19.3 Å². The molecule has 4 atom stereocenters. The number of phosphoric ester groups is 1. The minimum absolute atomic E-state index is 0.282. The van der Waals surface area contributed by atoms with Crippen molar-refractivity contribution >= 4 is 7.82 Å². The molecule has 11 heteroatoms. The van der Waals surface area contributed by atoms with Crippen molar-refractivity contribution in [2.75, 3.05) is 6.61 Å². The molecule has 23 heavy (non-hydrogen) atoms. The fourth-order valence-electron chi connectivity index (χ4n) is 2.46. The van der Waals surface area contributed by atoms with E-state index >= 15 is 0 Å². The number of nitrogens with zero attached hydrogens (tertiary/aromatic N) is 1. The number of phosphoric acid groups is 1. The highest BCUT2D eigenvalue weighted by Crippen LogP contribution is 2.40. The Hall–Kier alpha value is -1.55. The van der Waals surface area contributed by atoms with Crippen LogP contribution in [-0.4, -0.2) is 43.3 Å². The van der Waals surface area contributed by atoms with Crippen LogP contribution in [-0.2, 0) is 13.8 Å². The predicted molar refractivity (Wildman–Crippen MR) is 77.5 cm³/mol. The summed E-state index contributed by atoms with van der Waals surface area (Å²) in [5.41, 5.74) is -1.30. The molecule has 2 rings (SSSR count). The van der Waals surface area contributed by atoms with Crippen LogP contribution in [0.25, 0.3) is 0 Å². The maximum absolute atomic E-state index is 11.9. The summed E-state index contributed by atoms with van der Waals surface area (Å²) in [5, 5.41) is 10.3. The highest BCUT2D eigenvalue weighted by atomic mass is 31.2. The third kappa shape index (κ3) is 4.25. The van der Waals surface area contributed by atoms with E-state index in [1.807, 2.05) is 0 Å². The molecule has 0 spiro atoms. The zero-order valence-electron chi connectivity index (χ0n) is 11.9. The van der Waals surface area contributed by atoms with Crippen molar-refractivity contribution in [2.24, 2.45) is 5.92 Å². The number of allylic oxidation sites excluding steroid dienone is 1. The van der Waals surface area contributed by atoms with E-state index in [0.717, 1.165) is 10.6 Å². The van der Waals surface area contributed by atoms with Crippen molar-refractivity contribution in [2.45, 2.75) is 24.9 Å². The van der Waals surface area contributed by atoms with Crippen LogP contribution in [0.5, 0.6) is 0 Å². The van der Waals surface area contributed by atoms with Gasteiger partial charge in [-0.1, -0.05) is 6.08 Å². The second-order valence-corrected chi connectivity index (χ2v) is 6.29. The van der Waals surface area contributed by atoms with Crippen molar-refractivity contribution in [1.29, 1.82) is 0 Å². The quantitative estimate of drug-likeness (QED) is 0.381. The fraction of sp³-hybridized carbons (Fsp3) is 0.500. The third-order valence-corrected chi connectivity index (χ3v) is 3.96. The van der Waals surface area contributed by atoms with Gasteiger partial charge in [-0.15, -0.1) is 6.58 Å². The van der Waals surface area contributed by atoms with E-state index in [-0.39, 0.29) is 6.42 Å². The zero-order chi connectivity index (χ0) is 17.2. The Morgan fingerprint density at radius 3 is 2.74 bits per heavy atom. The molecule has 1 saturated heterocycles. The molecule has 1 aromatic rings. The van der Waals surface area contributed by atoms with Crippen LogP contribution in [0.3, 0.4) is 0 Å². The van der Waals surface area contributed by atoms with Gasteiger partial charge in [0.15, 0.2) is 0 Å². The lowest BCUT2D eigenvalue weighted by Crippen LogP contribution is -2.34. The Labute approximate surface area is 130 Å². The van der Waals surface area contributed by atoms with Gasteiger partial charge >= 0.3 is 13.5 Å². The number of H-pyrrole nitrogens is 1. The normalized spacial score (nSPS) is 28.0. The fourth-order valence-corrected chi connectivity index (χ4v) is 2.80. The Morgan fingerprint density at radius 1 is 1.48 bits per heavy atom. The second kappa shape index (κ2) is 6.91. The predicted octanol–water partition coefficient (Wildman–Crippen LogP) is -0.904. The van der Waals surface area contributed by atoms with Crippen LogP contribution in [0.2, 0.25) is 0 Å². The van der Waals surface area contributed by atoms with Gasteiger partial charge in [-0.2, -0.15) is 0 Å². The first kappa shape index (κ1) is 17.8. The maximum Gasteiger partial charge on any atom is 0.469 e. The third-order valence-electron chi connectivity index (χ3n) is 3.47. The van der Waals surface area contributed by atoms with E-state index in [0.29, 0.717) is 0 Å². The Morgan fingerprint density at radius 2 is 2.17 bits per heavy atom. The molecule has 2 heterocycles. The van der Waals surface area contributed by atoms with E-state index in [4.69, 9.17) is 14.5 Å². The van der Waals surface area contributed by atoms with Gasteiger partial charge in [0.1, 0.15) is 12.3 Å². The number of nitrogens with one attached hydrogen (secondary N) is 1. The lowest BCUT2D eigenvalue weighted by molar-refractivity contribution is -0.0472. The van der Waals surface area contributed by atoms with E-state index in [2.05, 4.69) is 16.1 Å². The van der Waals surface area contributed by atoms with E-state index in [1.165, 1.54) is 12.3 Å². The molecule has 0 aliphatic carbocycles. The molecule has 0 radical (unpaired) electrons. The SMILES string of the molecule is C=CCC1C(O)[C@H](COP(=O)(O)O)O[C@@H]1n1ccc(=O)[nH]c1=O. The zero-order valence-corrected chi connectivity index (χ0v) is 12.8. The molecule has 0 amide bonds. The van der Waals surface area contributed by atoms with E-state index < -0.39 is 50.0 Å². The highest BCUT2D eigenvalue weighted by molar-refractivity contribution is 7.46. The summed E-state index contributed by atoms with van der Waals surface area (Å²) >= 11 is 0. The minimum atomic E-state index is -4.71. The highest BCUT2D eigenvalue weighted by Gasteiger charge is 2.44. The summed E-state index contributed by atoms with van der Waals surface area (Å²) in [6.07, 6.45) is -0.0878. The lowest BCUT2D eigenvalue weighted by atomic mass is 9.96. The largest absolute Gasteiger partial charge is 0.469 e. The van der Waals surface area contributed by atoms with Crippen LogP contribution in [0, 0.1) is 5.92 Å². The Kier molecular flexibility index (Phi) is 5.35. The number of hydrogen-bond donors (Lipinski definition) is 4. The van der Waals surface area contributed by atoms with Crippen molar-refractivity contribution in [3.8, 4) is 0 Å². The number of aliphatic hydroxyl groups is 1. The smallest absolute Gasteiger partial charge is 0.390 e. The summed E-state index contributed by atoms with van der Waals surface area (Å²) in [5.74, 6) is -0.596. The summed E-state index contributed by atoms with van der Waals surface area (Å²) in [6, 6.07) is 1.13. The van der Waals surface area contributed by atoms with Gasteiger partial charge in [0.2, 0.25) is 0 Å². The molecule has 128 valence electrons. The molecule has 0 bridgehead atoms. The molecular weight excluding hydrogens is 331 g/mol. The van der Waals surface area contributed by atoms with Gasteiger partial charge in [-0.25, -0.2) is 9.36 Å². The summed E-state index contributed by atoms with van der Waals surface area (Å²) in [4.78, 5) is 42.5. The van der Waals surface area contributed by atoms with Gasteiger partial charge in [0, 0.05) is 18.2 Å². The van der Waals surface area contributed by atoms with Crippen LogP contribution in [0.1, 0.15) is 12.6 Å². The molecule has 1 aliphatic rings. The molecule has 1 aromatic heterocycles. The minimum Gasteiger partial charge on any atom is -0.390 e. The Balaban J connectivity index is 2.27. The van der Waals surface area contributed by atoms with E-state index in [1.54, 1.807) is 0 Å². The molecule has 1 fully saturated rings. The maximum atomic E-state index is 11.9. The van der Waals surface area contributed by atoms with Crippen LogP contribution in [0.4, 0.5) is 0 Å². The second-order valence-electron chi connectivity index (χ2n) is 5.05. The number of hydrogen-bond acceptors (Lipinski definition) is 6. The molecule has 0 aromatic carbocycles. The molecule has 2 unspecified atom stereocenters. The average Bonchev–Trinajstić information content (AvgIpc) is 2.74.